The molecule has 0 radical (unpaired) electrons. The molecule has 1 heterocycles. The highest BCUT2D eigenvalue weighted by Gasteiger charge is 2.23. The summed E-state index contributed by atoms with van der Waals surface area (Å²) in [6.45, 7) is 1.92. The van der Waals surface area contributed by atoms with Crippen LogP contribution in [0.1, 0.15) is 29.5 Å². The van der Waals surface area contributed by atoms with Crippen LogP contribution in [0, 0.1) is 5.82 Å². The van der Waals surface area contributed by atoms with Gasteiger partial charge in [-0.3, -0.25) is 0 Å². The van der Waals surface area contributed by atoms with Crippen molar-refractivity contribution in [2.45, 2.75) is 19.8 Å². The lowest BCUT2D eigenvalue weighted by Crippen LogP contribution is -2.01. The predicted octanol–water partition coefficient (Wildman–Crippen LogP) is 3.89. The predicted molar refractivity (Wildman–Crippen MR) is 70.6 cm³/mol. The van der Waals surface area contributed by atoms with Crippen LogP contribution in [-0.2, 0) is 6.42 Å². The molecular weight excluding hydrogens is 317 g/mol. The Kier molecular flexibility index (Phi) is 3.99. The number of carboxylic acids is 1. The van der Waals surface area contributed by atoms with Gasteiger partial charge in [0, 0.05) is 12.0 Å². The molecule has 0 saturated carbocycles. The van der Waals surface area contributed by atoms with E-state index in [0.29, 0.717) is 17.7 Å². The first kappa shape index (κ1) is 13.7. The molecule has 0 spiro atoms. The average Bonchev–Trinajstić information content (AvgIpc) is 2.77. The fraction of sp³-hybridized carbons (Fsp3) is 0.231. The zero-order valence-electron chi connectivity index (χ0n) is 10.1. The summed E-state index contributed by atoms with van der Waals surface area (Å²) in [4.78, 5) is 11.3. The van der Waals surface area contributed by atoms with E-state index in [-0.39, 0.29) is 15.7 Å². The number of carbonyl (C=O) groups is 1. The van der Waals surface area contributed by atoms with E-state index in [1.54, 1.807) is 0 Å². The Hall–Kier alpha value is -1.69. The zero-order valence-corrected chi connectivity index (χ0v) is 11.7. The van der Waals surface area contributed by atoms with Gasteiger partial charge in [-0.25, -0.2) is 9.18 Å². The highest BCUT2D eigenvalue weighted by Crippen LogP contribution is 2.29. The van der Waals surface area contributed by atoms with Gasteiger partial charge in [-0.05, 0) is 40.5 Å². The van der Waals surface area contributed by atoms with Crippen LogP contribution in [0.3, 0.4) is 0 Å². The summed E-state index contributed by atoms with van der Waals surface area (Å²) in [5, 5.41) is 13.1. The number of halogens is 2. The van der Waals surface area contributed by atoms with Crippen molar-refractivity contribution in [3.63, 3.8) is 0 Å². The number of aromatic carboxylic acids is 1. The molecule has 100 valence electrons. The third-order valence-corrected chi connectivity index (χ3v) is 3.25. The number of aromatic nitrogens is 1. The number of hydrogen-bond donors (Lipinski definition) is 1. The third kappa shape index (κ3) is 2.68. The Morgan fingerprint density at radius 1 is 1.53 bits per heavy atom. The van der Waals surface area contributed by atoms with Crippen molar-refractivity contribution < 1.29 is 18.8 Å². The Balaban J connectivity index is 2.55. The molecule has 0 bridgehead atoms. The maximum atomic E-state index is 13.2. The lowest BCUT2D eigenvalue weighted by atomic mass is 10.0. The van der Waals surface area contributed by atoms with E-state index in [2.05, 4.69) is 21.1 Å². The minimum atomic E-state index is -1.10. The Labute approximate surface area is 117 Å². The average molecular weight is 328 g/mol. The standard InChI is InChI=1S/C13H11BrFNO3/c1-2-3-10-11(13(17)18)12(16-19-10)7-4-5-9(15)8(14)6-7/h4-6H,2-3H2,1H3,(H,17,18). The van der Waals surface area contributed by atoms with Gasteiger partial charge in [0.2, 0.25) is 0 Å². The first-order valence-electron chi connectivity index (χ1n) is 5.71. The molecule has 0 amide bonds. The van der Waals surface area contributed by atoms with Crippen LogP contribution in [0.2, 0.25) is 0 Å². The van der Waals surface area contributed by atoms with Crippen molar-refractivity contribution in [2.75, 3.05) is 0 Å². The summed E-state index contributed by atoms with van der Waals surface area (Å²) in [6.07, 6.45) is 1.25. The van der Waals surface area contributed by atoms with Crippen LogP contribution in [0.25, 0.3) is 11.3 Å². The number of benzene rings is 1. The summed E-state index contributed by atoms with van der Waals surface area (Å²) in [5.74, 6) is -1.18. The molecule has 0 atom stereocenters. The van der Waals surface area contributed by atoms with Crippen LogP contribution < -0.4 is 0 Å². The molecule has 4 nitrogen and oxygen atoms in total. The second-order valence-corrected chi connectivity index (χ2v) is 4.87. The van der Waals surface area contributed by atoms with Gasteiger partial charge >= 0.3 is 5.97 Å². The van der Waals surface area contributed by atoms with Gasteiger partial charge in [-0.2, -0.15) is 0 Å². The van der Waals surface area contributed by atoms with Crippen LogP contribution in [0.15, 0.2) is 27.2 Å². The monoisotopic (exact) mass is 327 g/mol. The number of rotatable bonds is 4. The molecule has 0 unspecified atom stereocenters. The highest BCUT2D eigenvalue weighted by atomic mass is 79.9. The highest BCUT2D eigenvalue weighted by molar-refractivity contribution is 9.10. The van der Waals surface area contributed by atoms with Crippen LogP contribution in [-0.4, -0.2) is 16.2 Å². The SMILES string of the molecule is CCCc1onc(-c2ccc(F)c(Br)c2)c1C(=O)O. The summed E-state index contributed by atoms with van der Waals surface area (Å²) in [7, 11) is 0. The molecule has 6 heteroatoms. The largest absolute Gasteiger partial charge is 0.477 e. The minimum absolute atomic E-state index is 0.0420. The molecule has 2 rings (SSSR count). The van der Waals surface area contributed by atoms with E-state index >= 15 is 0 Å². The Morgan fingerprint density at radius 2 is 2.26 bits per heavy atom. The van der Waals surface area contributed by atoms with Crippen molar-refractivity contribution in [3.8, 4) is 11.3 Å². The molecule has 1 aromatic carbocycles. The molecule has 0 aliphatic carbocycles. The van der Waals surface area contributed by atoms with Crippen molar-refractivity contribution in [1.82, 2.24) is 5.16 Å². The molecule has 1 aromatic heterocycles. The van der Waals surface area contributed by atoms with E-state index in [1.807, 2.05) is 6.92 Å². The van der Waals surface area contributed by atoms with Crippen molar-refractivity contribution in [3.05, 3.63) is 39.8 Å². The number of carboxylic acid groups (broad SMARTS) is 1. The maximum Gasteiger partial charge on any atom is 0.341 e. The molecule has 0 fully saturated rings. The fourth-order valence-corrected chi connectivity index (χ4v) is 2.16. The van der Waals surface area contributed by atoms with Gasteiger partial charge in [-0.1, -0.05) is 12.1 Å². The first-order chi connectivity index (χ1) is 9.04. The quantitative estimate of drug-likeness (QED) is 0.925. The first-order valence-corrected chi connectivity index (χ1v) is 6.51. The van der Waals surface area contributed by atoms with Gasteiger partial charge < -0.3 is 9.63 Å². The number of nitrogens with zero attached hydrogens (tertiary/aromatic N) is 1. The fourth-order valence-electron chi connectivity index (χ4n) is 1.78. The molecule has 1 N–H and O–H groups in total. The topological polar surface area (TPSA) is 63.3 Å². The van der Waals surface area contributed by atoms with Crippen molar-refractivity contribution in [2.24, 2.45) is 0 Å². The van der Waals surface area contributed by atoms with E-state index in [1.165, 1.54) is 18.2 Å². The minimum Gasteiger partial charge on any atom is -0.477 e. The molecular formula is C13H11BrFNO3. The molecule has 0 aliphatic rings. The summed E-state index contributed by atoms with van der Waals surface area (Å²) in [6, 6.07) is 4.20. The van der Waals surface area contributed by atoms with Crippen LogP contribution >= 0.6 is 15.9 Å². The number of hydrogen-bond acceptors (Lipinski definition) is 3. The number of aryl methyl sites for hydroxylation is 1. The van der Waals surface area contributed by atoms with E-state index in [0.717, 1.165) is 6.42 Å². The molecule has 19 heavy (non-hydrogen) atoms. The van der Waals surface area contributed by atoms with Crippen molar-refractivity contribution >= 4 is 21.9 Å². The summed E-state index contributed by atoms with van der Waals surface area (Å²) < 4.78 is 18.5. The second kappa shape index (κ2) is 5.52. The van der Waals surface area contributed by atoms with Gasteiger partial charge in [-0.15, -0.1) is 0 Å². The molecule has 0 aliphatic heterocycles. The van der Waals surface area contributed by atoms with E-state index < -0.39 is 11.8 Å². The van der Waals surface area contributed by atoms with Gasteiger partial charge in [0.05, 0.1) is 4.47 Å². The Bertz CT molecular complexity index is 624. The Morgan fingerprint density at radius 3 is 2.84 bits per heavy atom. The summed E-state index contributed by atoms with van der Waals surface area (Å²) >= 11 is 3.06. The molecule has 0 saturated heterocycles. The van der Waals surface area contributed by atoms with Gasteiger partial charge in [0.1, 0.15) is 17.1 Å². The normalized spacial score (nSPS) is 10.7. The van der Waals surface area contributed by atoms with Crippen LogP contribution in [0.4, 0.5) is 4.39 Å². The second-order valence-electron chi connectivity index (χ2n) is 4.01. The summed E-state index contributed by atoms with van der Waals surface area (Å²) in [5.41, 5.74) is 0.758. The third-order valence-electron chi connectivity index (χ3n) is 2.65. The van der Waals surface area contributed by atoms with E-state index in [4.69, 9.17) is 4.52 Å². The molecule has 2 aromatic rings. The van der Waals surface area contributed by atoms with Crippen molar-refractivity contribution in [1.29, 1.82) is 0 Å². The zero-order chi connectivity index (χ0) is 14.0. The smallest absolute Gasteiger partial charge is 0.341 e. The van der Waals surface area contributed by atoms with Crippen LogP contribution in [0.5, 0.6) is 0 Å². The lowest BCUT2D eigenvalue weighted by molar-refractivity contribution is 0.0695. The van der Waals surface area contributed by atoms with E-state index in [9.17, 15) is 14.3 Å². The van der Waals surface area contributed by atoms with Gasteiger partial charge in [0.15, 0.2) is 5.76 Å². The lowest BCUT2D eigenvalue weighted by Gasteiger charge is -2.01. The van der Waals surface area contributed by atoms with Gasteiger partial charge in [0.25, 0.3) is 0 Å². The maximum absolute atomic E-state index is 13.2.